The van der Waals surface area contributed by atoms with Crippen molar-refractivity contribution in [3.8, 4) is 0 Å². The predicted octanol–water partition coefficient (Wildman–Crippen LogP) is 4.24. The molecule has 6 nitrogen and oxygen atoms in total. The zero-order chi connectivity index (χ0) is 19.8. The molecule has 2 aromatic rings. The number of rotatable bonds is 7. The van der Waals surface area contributed by atoms with Crippen molar-refractivity contribution in [2.24, 2.45) is 5.92 Å². The number of piperidine rings is 1. The second kappa shape index (κ2) is 10.2. The van der Waals surface area contributed by atoms with Crippen molar-refractivity contribution < 1.29 is 9.59 Å². The maximum absolute atomic E-state index is 12.2. The van der Waals surface area contributed by atoms with Gasteiger partial charge in [-0.2, -0.15) is 0 Å². The van der Waals surface area contributed by atoms with Crippen LogP contribution in [0.2, 0.25) is 0 Å². The van der Waals surface area contributed by atoms with Gasteiger partial charge in [-0.25, -0.2) is 4.79 Å². The third kappa shape index (κ3) is 6.07. The van der Waals surface area contributed by atoms with E-state index in [1.807, 2.05) is 23.6 Å². The Morgan fingerprint density at radius 1 is 1.11 bits per heavy atom. The van der Waals surface area contributed by atoms with E-state index in [2.05, 4.69) is 27.8 Å². The lowest BCUT2D eigenvalue weighted by Gasteiger charge is -2.31. The number of amides is 3. The van der Waals surface area contributed by atoms with Crippen molar-refractivity contribution in [1.82, 2.24) is 10.2 Å². The lowest BCUT2D eigenvalue weighted by atomic mass is 9.97. The molecule has 1 aliphatic heterocycles. The first kappa shape index (κ1) is 20.4. The van der Waals surface area contributed by atoms with Gasteiger partial charge in [-0.05, 0) is 74.5 Å². The number of nitrogens with zero attached hydrogens (tertiary/aromatic N) is 1. The highest BCUT2D eigenvalue weighted by atomic mass is 32.1. The molecule has 150 valence electrons. The van der Waals surface area contributed by atoms with E-state index in [9.17, 15) is 9.59 Å². The average Bonchev–Trinajstić information content (AvgIpc) is 3.23. The van der Waals surface area contributed by atoms with E-state index < -0.39 is 0 Å². The van der Waals surface area contributed by atoms with E-state index in [-0.39, 0.29) is 11.9 Å². The quantitative estimate of drug-likeness (QED) is 0.651. The second-order valence-electron chi connectivity index (χ2n) is 7.13. The summed E-state index contributed by atoms with van der Waals surface area (Å²) in [6, 6.07) is 10.6. The van der Waals surface area contributed by atoms with Gasteiger partial charge in [0.15, 0.2) is 0 Å². The van der Waals surface area contributed by atoms with Gasteiger partial charge in [-0.1, -0.05) is 19.1 Å². The number of carbonyl (C=O) groups excluding carboxylic acids is 2. The number of hydrogen-bond donors (Lipinski definition) is 3. The fourth-order valence-corrected chi connectivity index (χ4v) is 4.04. The largest absolute Gasteiger partial charge is 0.338 e. The van der Waals surface area contributed by atoms with E-state index >= 15 is 0 Å². The van der Waals surface area contributed by atoms with Crippen LogP contribution in [0.3, 0.4) is 0 Å². The van der Waals surface area contributed by atoms with Gasteiger partial charge in [0.1, 0.15) is 0 Å². The molecule has 0 atom stereocenters. The molecule has 2 heterocycles. The van der Waals surface area contributed by atoms with Crippen LogP contribution in [0.1, 0.15) is 35.9 Å². The van der Waals surface area contributed by atoms with E-state index in [0.29, 0.717) is 28.7 Å². The highest BCUT2D eigenvalue weighted by Gasteiger charge is 2.19. The highest BCUT2D eigenvalue weighted by molar-refractivity contribution is 7.12. The van der Waals surface area contributed by atoms with Crippen LogP contribution in [0.4, 0.5) is 16.2 Å². The molecule has 1 aromatic heterocycles. The van der Waals surface area contributed by atoms with Crippen LogP contribution in [-0.2, 0) is 0 Å². The number of likely N-dealkylation sites (tertiary alicyclic amines) is 1. The Hall–Kier alpha value is -2.38. The number of benzene rings is 1. The number of carbonyl (C=O) groups is 2. The Labute approximate surface area is 170 Å². The fraction of sp³-hybridized carbons (Fsp3) is 0.429. The van der Waals surface area contributed by atoms with Crippen molar-refractivity contribution in [1.29, 1.82) is 0 Å². The summed E-state index contributed by atoms with van der Waals surface area (Å²) in [5.41, 5.74) is 1.30. The number of nitrogens with one attached hydrogen (secondary N) is 3. The van der Waals surface area contributed by atoms with Gasteiger partial charge in [-0.15, -0.1) is 11.3 Å². The van der Waals surface area contributed by atoms with Gasteiger partial charge >= 0.3 is 6.03 Å². The SMILES string of the molecule is CCCN1CCC(CNC(=O)Nc2cccc(NC(=O)c3cccs3)c2)CC1. The van der Waals surface area contributed by atoms with Crippen molar-refractivity contribution in [3.63, 3.8) is 0 Å². The Kier molecular flexibility index (Phi) is 7.45. The van der Waals surface area contributed by atoms with Crippen LogP contribution in [0.5, 0.6) is 0 Å². The fourth-order valence-electron chi connectivity index (χ4n) is 3.42. The summed E-state index contributed by atoms with van der Waals surface area (Å²) in [6.45, 7) is 6.31. The Bertz CT molecular complexity index is 770. The molecule has 7 heteroatoms. The molecule has 0 aliphatic carbocycles. The molecule has 0 bridgehead atoms. The topological polar surface area (TPSA) is 73.5 Å². The smallest absolute Gasteiger partial charge is 0.319 e. The maximum atomic E-state index is 12.2. The minimum absolute atomic E-state index is 0.147. The Morgan fingerprint density at radius 3 is 2.54 bits per heavy atom. The van der Waals surface area contributed by atoms with Crippen molar-refractivity contribution >= 4 is 34.6 Å². The highest BCUT2D eigenvalue weighted by Crippen LogP contribution is 2.18. The number of hydrogen-bond acceptors (Lipinski definition) is 4. The number of urea groups is 1. The van der Waals surface area contributed by atoms with E-state index in [1.54, 1.807) is 18.2 Å². The third-order valence-corrected chi connectivity index (χ3v) is 5.79. The van der Waals surface area contributed by atoms with Gasteiger partial charge in [0.25, 0.3) is 5.91 Å². The van der Waals surface area contributed by atoms with Crippen LogP contribution in [0, 0.1) is 5.92 Å². The van der Waals surface area contributed by atoms with E-state index in [1.165, 1.54) is 24.3 Å². The van der Waals surface area contributed by atoms with Crippen LogP contribution >= 0.6 is 11.3 Å². The van der Waals surface area contributed by atoms with Crippen LogP contribution < -0.4 is 16.0 Å². The summed E-state index contributed by atoms with van der Waals surface area (Å²) in [5, 5.41) is 10.5. The van der Waals surface area contributed by atoms with Crippen LogP contribution in [0.25, 0.3) is 0 Å². The number of thiophene rings is 1. The second-order valence-corrected chi connectivity index (χ2v) is 8.08. The first-order chi connectivity index (χ1) is 13.6. The summed E-state index contributed by atoms with van der Waals surface area (Å²) in [7, 11) is 0. The minimum atomic E-state index is -0.210. The first-order valence-electron chi connectivity index (χ1n) is 9.86. The zero-order valence-electron chi connectivity index (χ0n) is 16.2. The molecule has 1 fully saturated rings. The summed E-state index contributed by atoms with van der Waals surface area (Å²) < 4.78 is 0. The normalized spacial score (nSPS) is 15.2. The first-order valence-corrected chi connectivity index (χ1v) is 10.7. The number of anilines is 2. The summed E-state index contributed by atoms with van der Waals surface area (Å²) >= 11 is 1.39. The molecule has 3 rings (SSSR count). The molecule has 28 heavy (non-hydrogen) atoms. The molecular formula is C21H28N4O2S. The van der Waals surface area contributed by atoms with Crippen LogP contribution in [0.15, 0.2) is 41.8 Å². The minimum Gasteiger partial charge on any atom is -0.338 e. The molecule has 3 amide bonds. The summed E-state index contributed by atoms with van der Waals surface area (Å²) in [5.74, 6) is 0.390. The lowest BCUT2D eigenvalue weighted by molar-refractivity contribution is 0.103. The molecule has 0 radical (unpaired) electrons. The standard InChI is InChI=1S/C21H28N4O2S/c1-2-10-25-11-8-16(9-12-25)15-22-21(27)24-18-6-3-5-17(14-18)23-20(26)19-7-4-13-28-19/h3-7,13-14,16H,2,8-12,15H2,1H3,(H,23,26)(H2,22,24,27). The zero-order valence-corrected chi connectivity index (χ0v) is 17.1. The van der Waals surface area contributed by atoms with Crippen molar-refractivity contribution in [3.05, 3.63) is 46.7 Å². The van der Waals surface area contributed by atoms with E-state index in [4.69, 9.17) is 0 Å². The lowest BCUT2D eigenvalue weighted by Crippen LogP contribution is -2.40. The molecule has 1 aliphatic rings. The molecule has 1 saturated heterocycles. The van der Waals surface area contributed by atoms with Gasteiger partial charge in [-0.3, -0.25) is 4.79 Å². The monoisotopic (exact) mass is 400 g/mol. The van der Waals surface area contributed by atoms with Gasteiger partial charge in [0.2, 0.25) is 0 Å². The third-order valence-electron chi connectivity index (χ3n) is 4.92. The Balaban J connectivity index is 1.43. The Morgan fingerprint density at radius 2 is 1.86 bits per heavy atom. The van der Waals surface area contributed by atoms with Crippen LogP contribution in [-0.4, -0.2) is 43.0 Å². The molecular weight excluding hydrogens is 372 g/mol. The van der Waals surface area contributed by atoms with Gasteiger partial charge in [0.05, 0.1) is 4.88 Å². The molecule has 0 spiro atoms. The van der Waals surface area contributed by atoms with E-state index in [0.717, 1.165) is 25.9 Å². The summed E-state index contributed by atoms with van der Waals surface area (Å²) in [6.07, 6.45) is 3.45. The molecule has 0 saturated carbocycles. The maximum Gasteiger partial charge on any atom is 0.319 e. The van der Waals surface area contributed by atoms with Gasteiger partial charge in [0, 0.05) is 17.9 Å². The van der Waals surface area contributed by atoms with Crippen molar-refractivity contribution in [2.75, 3.05) is 36.8 Å². The molecule has 0 unspecified atom stereocenters. The predicted molar refractivity (Wildman–Crippen MR) is 115 cm³/mol. The van der Waals surface area contributed by atoms with Crippen molar-refractivity contribution in [2.45, 2.75) is 26.2 Å². The average molecular weight is 401 g/mol. The molecule has 1 aromatic carbocycles. The summed E-state index contributed by atoms with van der Waals surface area (Å²) in [4.78, 5) is 27.5. The molecule has 3 N–H and O–H groups in total. The van der Waals surface area contributed by atoms with Gasteiger partial charge < -0.3 is 20.9 Å².